The lowest BCUT2D eigenvalue weighted by molar-refractivity contribution is 0.169. The van der Waals surface area contributed by atoms with E-state index in [0.717, 1.165) is 49.0 Å². The number of pyridine rings is 1. The summed E-state index contributed by atoms with van der Waals surface area (Å²) in [5.74, 6) is 2.25. The van der Waals surface area contributed by atoms with Crippen molar-refractivity contribution in [2.24, 2.45) is 0 Å². The summed E-state index contributed by atoms with van der Waals surface area (Å²) in [5.41, 5.74) is 3.94. The average Bonchev–Trinajstić information content (AvgIpc) is 3.69. The van der Waals surface area contributed by atoms with Gasteiger partial charge in [0.05, 0.1) is 17.6 Å². The molecule has 4 aromatic rings. The highest BCUT2D eigenvalue weighted by molar-refractivity contribution is 5.83. The van der Waals surface area contributed by atoms with Crippen LogP contribution in [-0.2, 0) is 13.0 Å². The van der Waals surface area contributed by atoms with Crippen molar-refractivity contribution < 1.29 is 9.47 Å². The minimum absolute atomic E-state index is 0.0125. The Morgan fingerprint density at radius 3 is 2.68 bits per heavy atom. The molecule has 9 nitrogen and oxygen atoms in total. The van der Waals surface area contributed by atoms with Gasteiger partial charge in [-0.1, -0.05) is 44.0 Å². The quantitative estimate of drug-likeness (QED) is 0.340. The fourth-order valence-electron chi connectivity index (χ4n) is 5.91. The molecule has 2 aromatic heterocycles. The second kappa shape index (κ2) is 10.6. The fraction of sp³-hybridized carbons (Fsp3) is 0.448. The fourth-order valence-corrected chi connectivity index (χ4v) is 5.91. The van der Waals surface area contributed by atoms with E-state index >= 15 is 0 Å². The van der Waals surface area contributed by atoms with Crippen molar-refractivity contribution in [1.82, 2.24) is 30.1 Å². The summed E-state index contributed by atoms with van der Waals surface area (Å²) in [6.07, 6.45) is 6.35. The van der Waals surface area contributed by atoms with Gasteiger partial charge in [0.15, 0.2) is 17.3 Å². The van der Waals surface area contributed by atoms with Crippen LogP contribution in [0.4, 0.5) is 0 Å². The van der Waals surface area contributed by atoms with E-state index in [9.17, 15) is 4.79 Å². The number of hydrogen-bond donors (Lipinski definition) is 1. The Labute approximate surface area is 221 Å². The maximum absolute atomic E-state index is 13.3. The number of aryl methyl sites for hydroxylation is 1. The van der Waals surface area contributed by atoms with Gasteiger partial charge in [-0.3, -0.25) is 9.69 Å². The number of H-pyrrole nitrogens is 1. The van der Waals surface area contributed by atoms with Crippen molar-refractivity contribution in [2.75, 3.05) is 13.3 Å². The standard InChI is InChI=1S/C29H34N6O3/c1-3-25(28-31-32-33-35(28)23-10-6-7-11-23)34(13-12-20-9-5-4-8-19(20)2)17-22-14-21-15-26-27(38-18-37-26)16-24(21)30-29(22)36/h4-5,8-9,14-16,23,25H,3,6-7,10-13,17-18H2,1-2H3,(H,30,36)/t25-/m0/s1. The molecular formula is C29H34N6O3. The lowest BCUT2D eigenvalue weighted by atomic mass is 10.0. The molecule has 2 aromatic carbocycles. The third-order valence-corrected chi connectivity index (χ3v) is 8.03. The summed E-state index contributed by atoms with van der Waals surface area (Å²) in [6, 6.07) is 14.6. The highest BCUT2D eigenvalue weighted by Crippen LogP contribution is 2.36. The largest absolute Gasteiger partial charge is 0.454 e. The lowest BCUT2D eigenvalue weighted by Crippen LogP contribution is -2.34. The number of fused-ring (bicyclic) bond motifs is 2. The molecule has 1 aliphatic carbocycles. The Balaban J connectivity index is 1.35. The Hall–Kier alpha value is -3.72. The van der Waals surface area contributed by atoms with Crippen LogP contribution < -0.4 is 15.0 Å². The van der Waals surface area contributed by atoms with Crippen molar-refractivity contribution in [1.29, 1.82) is 0 Å². The molecule has 0 amide bonds. The Kier molecular flexibility index (Phi) is 6.84. The highest BCUT2D eigenvalue weighted by Gasteiger charge is 2.29. The molecule has 1 fully saturated rings. The maximum Gasteiger partial charge on any atom is 0.252 e. The van der Waals surface area contributed by atoms with Crippen molar-refractivity contribution in [3.05, 3.63) is 75.3 Å². The lowest BCUT2D eigenvalue weighted by Gasteiger charge is -2.31. The third-order valence-electron chi connectivity index (χ3n) is 8.03. The molecule has 0 bridgehead atoms. The van der Waals surface area contributed by atoms with Crippen LogP contribution in [-0.4, -0.2) is 43.4 Å². The summed E-state index contributed by atoms with van der Waals surface area (Å²) in [6.45, 7) is 5.78. The number of aromatic nitrogens is 5. The third kappa shape index (κ3) is 4.78. The molecule has 1 atom stereocenters. The first-order chi connectivity index (χ1) is 18.6. The Morgan fingerprint density at radius 2 is 1.89 bits per heavy atom. The monoisotopic (exact) mass is 514 g/mol. The number of nitrogens with zero attached hydrogens (tertiary/aromatic N) is 5. The highest BCUT2D eigenvalue weighted by atomic mass is 16.7. The molecule has 1 saturated carbocycles. The minimum atomic E-state index is -0.0949. The van der Waals surface area contributed by atoms with Crippen LogP contribution in [0.25, 0.3) is 10.9 Å². The Bertz CT molecular complexity index is 1490. The van der Waals surface area contributed by atoms with Gasteiger partial charge >= 0.3 is 0 Å². The van der Waals surface area contributed by atoms with Crippen LogP contribution in [0.1, 0.15) is 73.6 Å². The molecule has 38 heavy (non-hydrogen) atoms. The van der Waals surface area contributed by atoms with E-state index in [0.29, 0.717) is 29.6 Å². The number of tetrazole rings is 1. The zero-order valence-corrected chi connectivity index (χ0v) is 22.0. The van der Waals surface area contributed by atoms with E-state index in [2.05, 4.69) is 63.5 Å². The first-order valence-corrected chi connectivity index (χ1v) is 13.6. The predicted molar refractivity (Wildman–Crippen MR) is 144 cm³/mol. The summed E-state index contributed by atoms with van der Waals surface area (Å²) in [5, 5.41) is 14.0. The van der Waals surface area contributed by atoms with Gasteiger partial charge in [-0.2, -0.15) is 0 Å². The molecule has 0 saturated heterocycles. The number of rotatable bonds is 9. The van der Waals surface area contributed by atoms with Gasteiger partial charge in [-0.25, -0.2) is 4.68 Å². The van der Waals surface area contributed by atoms with E-state index in [1.807, 2.05) is 22.9 Å². The molecule has 1 N–H and O–H groups in total. The summed E-state index contributed by atoms with van der Waals surface area (Å²) >= 11 is 0. The molecule has 0 radical (unpaired) electrons. The number of nitrogens with one attached hydrogen (secondary N) is 1. The summed E-state index contributed by atoms with van der Waals surface area (Å²) in [4.78, 5) is 18.7. The van der Waals surface area contributed by atoms with E-state index in [-0.39, 0.29) is 18.4 Å². The van der Waals surface area contributed by atoms with Gasteiger partial charge in [-0.05, 0) is 66.3 Å². The zero-order valence-electron chi connectivity index (χ0n) is 22.0. The average molecular weight is 515 g/mol. The van der Waals surface area contributed by atoms with Crippen molar-refractivity contribution in [2.45, 2.75) is 71.0 Å². The van der Waals surface area contributed by atoms with Gasteiger partial charge < -0.3 is 14.5 Å². The number of ether oxygens (including phenoxy) is 2. The van der Waals surface area contributed by atoms with Crippen LogP contribution >= 0.6 is 0 Å². The number of aromatic amines is 1. The molecule has 198 valence electrons. The number of benzene rings is 2. The van der Waals surface area contributed by atoms with E-state index in [4.69, 9.17) is 9.47 Å². The smallest absolute Gasteiger partial charge is 0.252 e. The first-order valence-electron chi connectivity index (χ1n) is 13.6. The molecule has 0 spiro atoms. The molecule has 2 aliphatic rings. The van der Waals surface area contributed by atoms with Gasteiger partial charge in [0.25, 0.3) is 5.56 Å². The van der Waals surface area contributed by atoms with Crippen LogP contribution in [0.15, 0.2) is 47.3 Å². The van der Waals surface area contributed by atoms with E-state index in [1.165, 1.54) is 24.0 Å². The van der Waals surface area contributed by atoms with Gasteiger partial charge in [-0.15, -0.1) is 5.10 Å². The summed E-state index contributed by atoms with van der Waals surface area (Å²) in [7, 11) is 0. The first kappa shape index (κ1) is 24.6. The van der Waals surface area contributed by atoms with Crippen molar-refractivity contribution in [3.8, 4) is 11.5 Å². The van der Waals surface area contributed by atoms with Crippen molar-refractivity contribution >= 4 is 10.9 Å². The van der Waals surface area contributed by atoms with Crippen molar-refractivity contribution in [3.63, 3.8) is 0 Å². The molecule has 6 rings (SSSR count). The van der Waals surface area contributed by atoms with E-state index in [1.54, 1.807) is 0 Å². The second-order valence-electron chi connectivity index (χ2n) is 10.4. The number of hydrogen-bond acceptors (Lipinski definition) is 7. The zero-order chi connectivity index (χ0) is 26.1. The molecule has 3 heterocycles. The van der Waals surface area contributed by atoms with Crippen LogP contribution in [0.2, 0.25) is 0 Å². The molecule has 1 aliphatic heterocycles. The maximum atomic E-state index is 13.3. The van der Waals surface area contributed by atoms with Crippen LogP contribution in [0.5, 0.6) is 11.5 Å². The second-order valence-corrected chi connectivity index (χ2v) is 10.4. The summed E-state index contributed by atoms with van der Waals surface area (Å²) < 4.78 is 13.1. The normalized spacial score (nSPS) is 16.1. The topological polar surface area (TPSA) is 98.2 Å². The van der Waals surface area contributed by atoms with Crippen LogP contribution in [0, 0.1) is 6.92 Å². The minimum Gasteiger partial charge on any atom is -0.454 e. The molecule has 9 heteroatoms. The molecular weight excluding hydrogens is 480 g/mol. The predicted octanol–water partition coefficient (Wildman–Crippen LogP) is 4.86. The van der Waals surface area contributed by atoms with Gasteiger partial charge in [0.1, 0.15) is 0 Å². The molecule has 0 unspecified atom stereocenters. The van der Waals surface area contributed by atoms with Gasteiger partial charge in [0, 0.05) is 30.1 Å². The van der Waals surface area contributed by atoms with E-state index < -0.39 is 0 Å². The SMILES string of the molecule is CC[C@@H](c1nnnn1C1CCCC1)N(CCc1ccccc1C)Cc1cc2cc3c(cc2[nH]c1=O)OCO3. The Morgan fingerprint density at radius 1 is 1.11 bits per heavy atom. The van der Waals surface area contributed by atoms with Crippen LogP contribution in [0.3, 0.4) is 0 Å². The van der Waals surface area contributed by atoms with Gasteiger partial charge in [0.2, 0.25) is 6.79 Å².